The molecule has 0 radical (unpaired) electrons. The molecular formula is C16H14FNO. The average molecular weight is 255 g/mol. The number of methoxy groups -OCH3 is 1. The summed E-state index contributed by atoms with van der Waals surface area (Å²) in [5, 5.41) is 9.25. The van der Waals surface area contributed by atoms with Crippen LogP contribution in [-0.2, 0) is 6.42 Å². The van der Waals surface area contributed by atoms with Gasteiger partial charge in [-0.2, -0.15) is 5.26 Å². The summed E-state index contributed by atoms with van der Waals surface area (Å²) in [6, 6.07) is 16.0. The Hall–Kier alpha value is -2.34. The predicted molar refractivity (Wildman–Crippen MR) is 71.5 cm³/mol. The monoisotopic (exact) mass is 255 g/mol. The van der Waals surface area contributed by atoms with Crippen molar-refractivity contribution in [1.82, 2.24) is 0 Å². The molecule has 0 aliphatic rings. The summed E-state index contributed by atoms with van der Waals surface area (Å²) in [5.41, 5.74) is 1.69. The van der Waals surface area contributed by atoms with Crippen LogP contribution >= 0.6 is 0 Å². The van der Waals surface area contributed by atoms with Gasteiger partial charge in [-0.3, -0.25) is 0 Å². The normalized spacial score (nSPS) is 11.6. The average Bonchev–Trinajstić information content (AvgIpc) is 2.45. The second kappa shape index (κ2) is 6.01. The Bertz CT molecular complexity index is 604. The van der Waals surface area contributed by atoms with Gasteiger partial charge in [0, 0.05) is 0 Å². The van der Waals surface area contributed by atoms with Crippen molar-refractivity contribution in [2.45, 2.75) is 12.3 Å². The van der Waals surface area contributed by atoms with E-state index in [1.165, 1.54) is 12.1 Å². The number of benzene rings is 2. The van der Waals surface area contributed by atoms with Gasteiger partial charge in [0.15, 0.2) is 0 Å². The highest BCUT2D eigenvalue weighted by Gasteiger charge is 2.12. The third-order valence-corrected chi connectivity index (χ3v) is 2.98. The van der Waals surface area contributed by atoms with Crippen molar-refractivity contribution in [3.05, 3.63) is 65.5 Å². The molecule has 0 saturated carbocycles. The van der Waals surface area contributed by atoms with Gasteiger partial charge < -0.3 is 4.74 Å². The molecule has 1 unspecified atom stereocenters. The molecule has 0 bridgehead atoms. The van der Waals surface area contributed by atoms with E-state index in [0.717, 1.165) is 11.3 Å². The zero-order valence-corrected chi connectivity index (χ0v) is 10.6. The van der Waals surface area contributed by atoms with Crippen LogP contribution < -0.4 is 4.74 Å². The van der Waals surface area contributed by atoms with Crippen molar-refractivity contribution in [3.8, 4) is 11.8 Å². The van der Waals surface area contributed by atoms with Gasteiger partial charge in [-0.1, -0.05) is 24.3 Å². The van der Waals surface area contributed by atoms with Gasteiger partial charge in [-0.15, -0.1) is 0 Å². The number of halogens is 1. The number of rotatable bonds is 4. The molecule has 2 nitrogen and oxygen atoms in total. The predicted octanol–water partition coefficient (Wildman–Crippen LogP) is 3.68. The Morgan fingerprint density at radius 2 is 2.00 bits per heavy atom. The molecule has 0 aromatic heterocycles. The van der Waals surface area contributed by atoms with E-state index >= 15 is 0 Å². The van der Waals surface area contributed by atoms with E-state index in [1.54, 1.807) is 19.2 Å². The maximum atomic E-state index is 13.2. The van der Waals surface area contributed by atoms with Crippen LogP contribution in [0.1, 0.15) is 17.0 Å². The molecule has 2 rings (SSSR count). The lowest BCUT2D eigenvalue weighted by atomic mass is 9.93. The Morgan fingerprint density at radius 3 is 2.68 bits per heavy atom. The molecule has 1 atom stereocenters. The van der Waals surface area contributed by atoms with Crippen molar-refractivity contribution in [3.63, 3.8) is 0 Å². The summed E-state index contributed by atoms with van der Waals surface area (Å²) in [4.78, 5) is 0. The molecule has 19 heavy (non-hydrogen) atoms. The highest BCUT2D eigenvalue weighted by molar-refractivity contribution is 5.33. The van der Waals surface area contributed by atoms with Crippen molar-refractivity contribution >= 4 is 0 Å². The van der Waals surface area contributed by atoms with E-state index in [4.69, 9.17) is 4.74 Å². The largest absolute Gasteiger partial charge is 0.497 e. The molecule has 0 aliphatic heterocycles. The first-order valence-corrected chi connectivity index (χ1v) is 6.01. The van der Waals surface area contributed by atoms with Crippen LogP contribution in [0.25, 0.3) is 0 Å². The molecule has 0 spiro atoms. The zero-order chi connectivity index (χ0) is 13.7. The molecular weight excluding hydrogens is 241 g/mol. The summed E-state index contributed by atoms with van der Waals surface area (Å²) in [6.45, 7) is 0. The maximum absolute atomic E-state index is 13.2. The molecule has 2 aromatic carbocycles. The van der Waals surface area contributed by atoms with Crippen LogP contribution in [0.15, 0.2) is 48.5 Å². The Balaban J connectivity index is 2.22. The second-order valence-corrected chi connectivity index (χ2v) is 4.29. The smallest absolute Gasteiger partial charge is 0.123 e. The molecule has 96 valence electrons. The number of nitrogens with zero attached hydrogens (tertiary/aromatic N) is 1. The van der Waals surface area contributed by atoms with E-state index in [1.807, 2.05) is 24.3 Å². The fourth-order valence-electron chi connectivity index (χ4n) is 2.00. The molecule has 0 aliphatic carbocycles. The van der Waals surface area contributed by atoms with Crippen LogP contribution in [0, 0.1) is 17.1 Å². The van der Waals surface area contributed by atoms with E-state index in [-0.39, 0.29) is 11.7 Å². The summed E-state index contributed by atoms with van der Waals surface area (Å²) < 4.78 is 18.3. The van der Waals surface area contributed by atoms with Crippen molar-refractivity contribution in [2.75, 3.05) is 7.11 Å². The topological polar surface area (TPSA) is 33.0 Å². The number of hydrogen-bond acceptors (Lipinski definition) is 2. The van der Waals surface area contributed by atoms with Gasteiger partial charge in [-0.05, 0) is 41.8 Å². The van der Waals surface area contributed by atoms with Crippen molar-refractivity contribution < 1.29 is 9.13 Å². The lowest BCUT2D eigenvalue weighted by Gasteiger charge is -2.10. The minimum atomic E-state index is -0.359. The summed E-state index contributed by atoms with van der Waals surface area (Å²) in [6.07, 6.45) is 0.539. The number of nitriles is 1. The first-order valence-electron chi connectivity index (χ1n) is 6.01. The molecule has 0 N–H and O–H groups in total. The first-order chi connectivity index (χ1) is 9.22. The van der Waals surface area contributed by atoms with Gasteiger partial charge in [0.05, 0.1) is 19.1 Å². The third kappa shape index (κ3) is 3.32. The quantitative estimate of drug-likeness (QED) is 0.834. The highest BCUT2D eigenvalue weighted by Crippen LogP contribution is 2.23. The summed E-state index contributed by atoms with van der Waals surface area (Å²) in [7, 11) is 1.60. The maximum Gasteiger partial charge on any atom is 0.123 e. The van der Waals surface area contributed by atoms with E-state index < -0.39 is 0 Å². The minimum absolute atomic E-state index is 0.316. The number of ether oxygens (including phenoxy) is 1. The number of hydrogen-bond donors (Lipinski definition) is 0. The summed E-state index contributed by atoms with van der Waals surface area (Å²) in [5.74, 6) is 0.0830. The Morgan fingerprint density at radius 1 is 1.21 bits per heavy atom. The fraction of sp³-hybridized carbons (Fsp3) is 0.188. The highest BCUT2D eigenvalue weighted by atomic mass is 19.1. The van der Waals surface area contributed by atoms with Crippen LogP contribution in [-0.4, -0.2) is 7.11 Å². The van der Waals surface area contributed by atoms with Gasteiger partial charge in [0.25, 0.3) is 0 Å². The Kier molecular flexibility index (Phi) is 4.15. The lowest BCUT2D eigenvalue weighted by Crippen LogP contribution is -2.01. The molecule has 2 aromatic rings. The fourth-order valence-corrected chi connectivity index (χ4v) is 2.00. The SMILES string of the molecule is COc1cccc(CC(C#N)c2cccc(F)c2)c1. The Labute approximate surface area is 112 Å². The molecule has 0 saturated heterocycles. The van der Waals surface area contributed by atoms with Crippen LogP contribution in [0.4, 0.5) is 4.39 Å². The lowest BCUT2D eigenvalue weighted by molar-refractivity contribution is 0.414. The van der Waals surface area contributed by atoms with E-state index in [0.29, 0.717) is 12.0 Å². The third-order valence-electron chi connectivity index (χ3n) is 2.98. The first kappa shape index (κ1) is 13.1. The minimum Gasteiger partial charge on any atom is -0.497 e. The molecule has 0 fully saturated rings. The second-order valence-electron chi connectivity index (χ2n) is 4.29. The van der Waals surface area contributed by atoms with Gasteiger partial charge in [0.2, 0.25) is 0 Å². The van der Waals surface area contributed by atoms with Crippen LogP contribution in [0.3, 0.4) is 0 Å². The van der Waals surface area contributed by atoms with Gasteiger partial charge in [-0.25, -0.2) is 4.39 Å². The van der Waals surface area contributed by atoms with E-state index in [9.17, 15) is 9.65 Å². The molecule has 0 heterocycles. The summed E-state index contributed by atoms with van der Waals surface area (Å²) >= 11 is 0. The molecule has 0 amide bonds. The van der Waals surface area contributed by atoms with Gasteiger partial charge >= 0.3 is 0 Å². The molecule has 3 heteroatoms. The van der Waals surface area contributed by atoms with Crippen molar-refractivity contribution in [2.24, 2.45) is 0 Å². The standard InChI is InChI=1S/C16H14FNO/c1-19-16-7-2-4-12(9-16)8-14(11-18)13-5-3-6-15(17)10-13/h2-7,9-10,14H,8H2,1H3. The van der Waals surface area contributed by atoms with Crippen LogP contribution in [0.2, 0.25) is 0 Å². The zero-order valence-electron chi connectivity index (χ0n) is 10.6. The van der Waals surface area contributed by atoms with Crippen molar-refractivity contribution in [1.29, 1.82) is 5.26 Å². The van der Waals surface area contributed by atoms with E-state index in [2.05, 4.69) is 6.07 Å². The van der Waals surface area contributed by atoms with Gasteiger partial charge in [0.1, 0.15) is 11.6 Å². The van der Waals surface area contributed by atoms with Crippen LogP contribution in [0.5, 0.6) is 5.75 Å².